The van der Waals surface area contributed by atoms with Crippen molar-refractivity contribution in [1.29, 1.82) is 0 Å². The zero-order chi connectivity index (χ0) is 40.1. The van der Waals surface area contributed by atoms with E-state index in [1.165, 1.54) is 59.3 Å². The standard InChI is InChI=1S/C29H37.C10H15.C7H7.C6H5.CH2.2ClH.Zr/c1-18-25-22-17-19-13-9-10-14-20(19)24(22)21-15-11-12-16-23(21)29(25,8)28(6,7)27(4,5)26(18,2)3;1-8-5-6-9(7-8)10(2,3)4;1-7-5-3-2-4-6-7;1-2-4-6-5-3-1;;;;/h9-11,13-15,23H,12,16-17H2,1-8H3;6-8H,1-4H3;3-6H,1H3;1-5H;1H2;2*1H;/q4*-1;;;;. The van der Waals surface area contributed by atoms with Crippen LogP contribution >= 0.6 is 24.8 Å². The van der Waals surface area contributed by atoms with Crippen molar-refractivity contribution < 1.29 is 24.2 Å². The van der Waals surface area contributed by atoms with Crippen LogP contribution in [0, 0.1) is 70.0 Å². The summed E-state index contributed by atoms with van der Waals surface area (Å²) in [5, 5.41) is 0. The second-order valence-corrected chi connectivity index (χ2v) is 18.4. The van der Waals surface area contributed by atoms with Crippen LogP contribution in [0.5, 0.6) is 0 Å². The van der Waals surface area contributed by atoms with Crippen LogP contribution in [-0.2, 0) is 30.7 Å². The molecular weight excluding hydrogens is 799 g/mol. The van der Waals surface area contributed by atoms with Gasteiger partial charge in [-0.25, -0.2) is 12.0 Å². The van der Waals surface area contributed by atoms with Crippen LogP contribution in [-0.4, -0.2) is 4.21 Å². The van der Waals surface area contributed by atoms with Crippen molar-refractivity contribution in [3.8, 4) is 0 Å². The molecule has 5 aliphatic carbocycles. The molecule has 0 saturated heterocycles. The third-order valence-corrected chi connectivity index (χ3v) is 14.1. The first-order valence-electron chi connectivity index (χ1n) is 20.0. The van der Waals surface area contributed by atoms with Crippen LogP contribution in [0.1, 0.15) is 113 Å². The Balaban J connectivity index is 0.000000327. The van der Waals surface area contributed by atoms with E-state index in [0.717, 1.165) is 6.42 Å². The van der Waals surface area contributed by atoms with Gasteiger partial charge in [-0.05, 0) is 40.6 Å². The molecule has 0 bridgehead atoms. The fourth-order valence-electron chi connectivity index (χ4n) is 9.43. The van der Waals surface area contributed by atoms with Crippen LogP contribution in [0.15, 0.2) is 125 Å². The third-order valence-electron chi connectivity index (χ3n) is 14.1. The summed E-state index contributed by atoms with van der Waals surface area (Å²) in [5.41, 5.74) is 13.3. The van der Waals surface area contributed by atoms with E-state index < -0.39 is 0 Å². The molecule has 0 heterocycles. The number of fused-ring (bicyclic) bond motifs is 6. The number of hydrogen-bond donors (Lipinski definition) is 0. The Labute approximate surface area is 370 Å². The van der Waals surface area contributed by atoms with Gasteiger partial charge in [-0.15, -0.1) is 31.7 Å². The maximum atomic E-state index is 3.34. The molecule has 56 heavy (non-hydrogen) atoms. The van der Waals surface area contributed by atoms with E-state index in [0.29, 0.717) is 17.3 Å². The zero-order valence-corrected chi connectivity index (χ0v) is 40.7. The summed E-state index contributed by atoms with van der Waals surface area (Å²) in [6.45, 7) is 31.2. The molecule has 302 valence electrons. The number of benzene rings is 3. The van der Waals surface area contributed by atoms with Gasteiger partial charge in [0.25, 0.3) is 0 Å². The van der Waals surface area contributed by atoms with Gasteiger partial charge in [0.1, 0.15) is 0 Å². The van der Waals surface area contributed by atoms with Crippen LogP contribution < -0.4 is 0 Å². The zero-order valence-electron chi connectivity index (χ0n) is 36.6. The summed E-state index contributed by atoms with van der Waals surface area (Å²) < 4.78 is 3.34. The number of aryl methyl sites for hydroxylation is 1. The minimum absolute atomic E-state index is 0. The molecule has 1 saturated carbocycles. The fourth-order valence-corrected chi connectivity index (χ4v) is 9.43. The van der Waals surface area contributed by atoms with E-state index >= 15 is 0 Å². The van der Waals surface area contributed by atoms with Gasteiger partial charge in [-0.3, -0.25) is 6.08 Å². The average molecular weight is 867 g/mol. The molecule has 3 unspecified atom stereocenters. The molecule has 0 N–H and O–H groups in total. The molecule has 5 aliphatic rings. The van der Waals surface area contributed by atoms with Crippen molar-refractivity contribution in [2.24, 2.45) is 38.9 Å². The molecule has 3 atom stereocenters. The summed E-state index contributed by atoms with van der Waals surface area (Å²) in [4.78, 5) is 0. The first kappa shape index (κ1) is 49.7. The molecule has 0 aliphatic heterocycles. The summed E-state index contributed by atoms with van der Waals surface area (Å²) in [6, 6.07) is 32.5. The van der Waals surface area contributed by atoms with Gasteiger partial charge in [0.2, 0.25) is 0 Å². The molecule has 0 aromatic heterocycles. The molecule has 0 radical (unpaired) electrons. The molecule has 3 aromatic rings. The Morgan fingerprint density at radius 2 is 1.39 bits per heavy atom. The molecule has 3 heteroatoms. The fraction of sp³-hybridized carbons (Fsp3) is 0.434. The van der Waals surface area contributed by atoms with Gasteiger partial charge in [0, 0.05) is 0 Å². The Morgan fingerprint density at radius 1 is 0.804 bits per heavy atom. The SMILES string of the molecule is CC1[C-]=CC(C(C)(C)C)=C1.C[C-]1C2=C3Cc4ccccc4C3=C3C=CCCC3C2(C)C(C)(C)C(C)(C)C1(C)C.Cc1cc[c-]cc1.Cl.Cl.[CH2]=[Zr].[c-]1ccccc1. The van der Waals surface area contributed by atoms with Crippen molar-refractivity contribution in [1.82, 2.24) is 0 Å². The van der Waals surface area contributed by atoms with Gasteiger partial charge in [0.15, 0.2) is 0 Å². The first-order valence-corrected chi connectivity index (χ1v) is 21.7. The van der Waals surface area contributed by atoms with Crippen molar-refractivity contribution >= 4 is 34.6 Å². The summed E-state index contributed by atoms with van der Waals surface area (Å²) in [6.07, 6.45) is 16.2. The number of allylic oxidation sites excluding steroid dienone is 10. The Bertz CT molecular complexity index is 1850. The maximum Gasteiger partial charge on any atom is -0.171 e. The third kappa shape index (κ3) is 9.54. The largest absolute Gasteiger partial charge is 0.184 e. The van der Waals surface area contributed by atoms with Gasteiger partial charge < -0.3 is 0 Å². The Morgan fingerprint density at radius 3 is 1.86 bits per heavy atom. The van der Waals surface area contributed by atoms with Gasteiger partial charge >= 0.3 is 28.4 Å². The second kappa shape index (κ2) is 20.0. The molecule has 0 nitrogen and oxygen atoms in total. The topological polar surface area (TPSA) is 0 Å². The minimum atomic E-state index is 0. The molecule has 3 aromatic carbocycles. The number of halogens is 2. The minimum Gasteiger partial charge on any atom is -0.184 e. The summed E-state index contributed by atoms with van der Waals surface area (Å²) in [7, 11) is 0. The number of rotatable bonds is 0. The second-order valence-electron chi connectivity index (χ2n) is 18.4. The quantitative estimate of drug-likeness (QED) is 0.198. The van der Waals surface area contributed by atoms with E-state index in [4.69, 9.17) is 0 Å². The summed E-state index contributed by atoms with van der Waals surface area (Å²) in [5.74, 6) is 2.76. The Hall–Kier alpha value is -2.44. The van der Waals surface area contributed by atoms with Gasteiger partial charge in [-0.1, -0.05) is 159 Å². The van der Waals surface area contributed by atoms with Crippen LogP contribution in [0.3, 0.4) is 0 Å². The Kier molecular flexibility index (Phi) is 17.8. The van der Waals surface area contributed by atoms with E-state index in [1.54, 1.807) is 28.2 Å². The first-order chi connectivity index (χ1) is 25.4. The van der Waals surface area contributed by atoms with E-state index in [-0.39, 0.29) is 46.5 Å². The van der Waals surface area contributed by atoms with Crippen LogP contribution in [0.25, 0.3) is 5.57 Å². The predicted octanol–water partition coefficient (Wildman–Crippen LogP) is 15.0. The summed E-state index contributed by atoms with van der Waals surface area (Å²) >= 11 is 1.30. The van der Waals surface area contributed by atoms with Crippen molar-refractivity contribution in [2.75, 3.05) is 0 Å². The normalized spacial score (nSPS) is 23.7. The van der Waals surface area contributed by atoms with E-state index in [1.807, 2.05) is 54.6 Å². The monoisotopic (exact) mass is 864 g/mol. The molecular formula is C53H68Cl2Zr-4. The van der Waals surface area contributed by atoms with Crippen molar-refractivity contribution in [2.45, 2.75) is 109 Å². The average Bonchev–Trinajstić information content (AvgIpc) is 3.78. The van der Waals surface area contributed by atoms with E-state index in [2.05, 4.69) is 161 Å². The van der Waals surface area contributed by atoms with E-state index in [9.17, 15) is 0 Å². The molecule has 0 amide bonds. The van der Waals surface area contributed by atoms with Crippen molar-refractivity contribution in [3.63, 3.8) is 0 Å². The van der Waals surface area contributed by atoms with Crippen LogP contribution in [0.4, 0.5) is 0 Å². The maximum absolute atomic E-state index is 3.34. The predicted molar refractivity (Wildman–Crippen MR) is 246 cm³/mol. The van der Waals surface area contributed by atoms with Gasteiger partial charge in [-0.2, -0.15) is 95.1 Å². The molecule has 0 spiro atoms. The molecule has 8 rings (SSSR count). The molecule has 1 fully saturated rings. The van der Waals surface area contributed by atoms with Crippen molar-refractivity contribution in [3.05, 3.63) is 166 Å². The smallest absolute Gasteiger partial charge is 0.171 e. The van der Waals surface area contributed by atoms with Crippen LogP contribution in [0.2, 0.25) is 0 Å². The number of hydrogen-bond acceptors (Lipinski definition) is 0. The van der Waals surface area contributed by atoms with Gasteiger partial charge in [0.05, 0.1) is 0 Å².